The van der Waals surface area contributed by atoms with Crippen LogP contribution in [0.3, 0.4) is 0 Å². The van der Waals surface area contributed by atoms with Crippen molar-refractivity contribution in [3.05, 3.63) is 18.3 Å². The number of pyridine rings is 1. The van der Waals surface area contributed by atoms with Gasteiger partial charge in [0.25, 0.3) is 0 Å². The van der Waals surface area contributed by atoms with Gasteiger partial charge in [-0.2, -0.15) is 0 Å². The summed E-state index contributed by atoms with van der Waals surface area (Å²) in [4.78, 5) is 6.62. The fraction of sp³-hybridized carbons (Fsp3) is 0.643. The fourth-order valence-corrected chi connectivity index (χ4v) is 2.36. The number of aromatic nitrogens is 1. The number of rotatable bonds is 5. The molecule has 1 aliphatic heterocycles. The van der Waals surface area contributed by atoms with E-state index < -0.39 is 0 Å². The minimum absolute atomic E-state index is 0.750. The smallest absolute Gasteiger partial charge is 0.127 e. The Morgan fingerprint density at radius 1 is 1.44 bits per heavy atom. The van der Waals surface area contributed by atoms with Crippen molar-refractivity contribution in [3.8, 4) is 0 Å². The zero-order valence-corrected chi connectivity index (χ0v) is 11.4. The average molecular weight is 249 g/mol. The van der Waals surface area contributed by atoms with Gasteiger partial charge in [-0.05, 0) is 31.7 Å². The molecule has 1 aromatic heterocycles. The third kappa shape index (κ3) is 3.60. The van der Waals surface area contributed by atoms with Gasteiger partial charge in [-0.25, -0.2) is 4.98 Å². The second-order valence-corrected chi connectivity index (χ2v) is 4.87. The van der Waals surface area contributed by atoms with Crippen molar-refractivity contribution in [2.75, 3.05) is 43.6 Å². The molecule has 0 radical (unpaired) electrons. The lowest BCUT2D eigenvalue weighted by atomic mass is 10.00. The van der Waals surface area contributed by atoms with Crippen LogP contribution in [0.4, 0.5) is 11.5 Å². The molecule has 0 atom stereocenters. The Bertz CT molecular complexity index is 364. The van der Waals surface area contributed by atoms with Gasteiger partial charge in [-0.3, -0.25) is 0 Å². The highest BCUT2D eigenvalue weighted by atomic mass is 16.5. The van der Waals surface area contributed by atoms with Crippen LogP contribution < -0.4 is 10.2 Å². The molecule has 4 nitrogen and oxygen atoms in total. The number of anilines is 2. The lowest BCUT2D eigenvalue weighted by molar-refractivity contribution is 0.0685. The van der Waals surface area contributed by atoms with Crippen molar-refractivity contribution < 1.29 is 4.74 Å². The monoisotopic (exact) mass is 249 g/mol. The van der Waals surface area contributed by atoms with E-state index in [2.05, 4.69) is 41.3 Å². The summed E-state index contributed by atoms with van der Waals surface area (Å²) in [5.74, 6) is 1.70. The molecule has 100 valence electrons. The predicted molar refractivity (Wildman–Crippen MR) is 75.2 cm³/mol. The van der Waals surface area contributed by atoms with Crippen LogP contribution in [0.2, 0.25) is 0 Å². The molecule has 2 rings (SSSR count). The SMILES string of the molecule is CCNc1cc(N(C)CC2CCOCC2)ccn1. The highest BCUT2D eigenvalue weighted by Gasteiger charge is 2.16. The third-order valence-corrected chi connectivity index (χ3v) is 3.42. The van der Waals surface area contributed by atoms with Gasteiger partial charge in [-0.15, -0.1) is 0 Å². The number of hydrogen-bond donors (Lipinski definition) is 1. The molecule has 1 aliphatic rings. The Morgan fingerprint density at radius 2 is 2.22 bits per heavy atom. The molecule has 1 aromatic rings. The first kappa shape index (κ1) is 13.1. The van der Waals surface area contributed by atoms with Crippen LogP contribution in [0.1, 0.15) is 19.8 Å². The summed E-state index contributed by atoms with van der Waals surface area (Å²) in [6.45, 7) is 5.91. The molecule has 0 aromatic carbocycles. The van der Waals surface area contributed by atoms with E-state index in [1.807, 2.05) is 6.20 Å². The van der Waals surface area contributed by atoms with Crippen LogP contribution >= 0.6 is 0 Å². The number of hydrogen-bond acceptors (Lipinski definition) is 4. The Labute approximate surface area is 109 Å². The van der Waals surface area contributed by atoms with Crippen molar-refractivity contribution in [3.63, 3.8) is 0 Å². The van der Waals surface area contributed by atoms with E-state index in [1.165, 1.54) is 18.5 Å². The Kier molecular flexibility index (Phi) is 4.81. The van der Waals surface area contributed by atoms with Crippen molar-refractivity contribution >= 4 is 11.5 Å². The first-order valence-corrected chi connectivity index (χ1v) is 6.78. The first-order chi connectivity index (χ1) is 8.79. The largest absolute Gasteiger partial charge is 0.381 e. The molecule has 0 aliphatic carbocycles. The summed E-state index contributed by atoms with van der Waals surface area (Å²) >= 11 is 0. The number of nitrogens with one attached hydrogen (secondary N) is 1. The highest BCUT2D eigenvalue weighted by Crippen LogP contribution is 2.21. The van der Waals surface area contributed by atoms with Gasteiger partial charge in [0.1, 0.15) is 5.82 Å². The summed E-state index contributed by atoms with van der Waals surface area (Å²) in [6, 6.07) is 4.18. The standard InChI is InChI=1S/C14H23N3O/c1-3-15-14-10-13(4-7-16-14)17(2)11-12-5-8-18-9-6-12/h4,7,10,12H,3,5-6,8-9,11H2,1-2H3,(H,15,16). The second kappa shape index (κ2) is 6.59. The van der Waals surface area contributed by atoms with Crippen molar-refractivity contribution in [2.45, 2.75) is 19.8 Å². The molecule has 1 N–H and O–H groups in total. The van der Waals surface area contributed by atoms with Crippen LogP contribution in [0.15, 0.2) is 18.3 Å². The minimum Gasteiger partial charge on any atom is -0.381 e. The minimum atomic E-state index is 0.750. The van der Waals surface area contributed by atoms with Crippen LogP contribution in [0.5, 0.6) is 0 Å². The third-order valence-electron chi connectivity index (χ3n) is 3.42. The Hall–Kier alpha value is -1.29. The molecule has 1 saturated heterocycles. The van der Waals surface area contributed by atoms with E-state index in [-0.39, 0.29) is 0 Å². The summed E-state index contributed by atoms with van der Waals surface area (Å²) in [6.07, 6.45) is 4.22. The second-order valence-electron chi connectivity index (χ2n) is 4.87. The maximum Gasteiger partial charge on any atom is 0.127 e. The van der Waals surface area contributed by atoms with E-state index in [9.17, 15) is 0 Å². The van der Waals surface area contributed by atoms with Crippen LogP contribution in [-0.2, 0) is 4.74 Å². The number of nitrogens with zero attached hydrogens (tertiary/aromatic N) is 2. The highest BCUT2D eigenvalue weighted by molar-refractivity contribution is 5.53. The Balaban J connectivity index is 1.94. The summed E-state index contributed by atoms with van der Waals surface area (Å²) in [5.41, 5.74) is 1.23. The topological polar surface area (TPSA) is 37.4 Å². The zero-order valence-electron chi connectivity index (χ0n) is 11.4. The Morgan fingerprint density at radius 3 is 2.94 bits per heavy atom. The first-order valence-electron chi connectivity index (χ1n) is 6.78. The lowest BCUT2D eigenvalue weighted by Gasteiger charge is -2.28. The van der Waals surface area contributed by atoms with Crippen LogP contribution in [0, 0.1) is 5.92 Å². The maximum atomic E-state index is 5.40. The van der Waals surface area contributed by atoms with Gasteiger partial charge in [0, 0.05) is 51.3 Å². The van der Waals surface area contributed by atoms with Gasteiger partial charge in [0.15, 0.2) is 0 Å². The van der Waals surface area contributed by atoms with Gasteiger partial charge in [-0.1, -0.05) is 0 Å². The fourth-order valence-electron chi connectivity index (χ4n) is 2.36. The van der Waals surface area contributed by atoms with E-state index in [4.69, 9.17) is 4.74 Å². The molecule has 18 heavy (non-hydrogen) atoms. The summed E-state index contributed by atoms with van der Waals surface area (Å²) in [7, 11) is 2.15. The molecule has 4 heteroatoms. The molecule has 0 unspecified atom stereocenters. The van der Waals surface area contributed by atoms with Crippen LogP contribution in [0.25, 0.3) is 0 Å². The summed E-state index contributed by atoms with van der Waals surface area (Å²) in [5, 5.41) is 3.25. The normalized spacial score (nSPS) is 16.6. The van der Waals surface area contributed by atoms with Crippen molar-refractivity contribution in [1.82, 2.24) is 4.98 Å². The van der Waals surface area contributed by atoms with Gasteiger partial charge >= 0.3 is 0 Å². The molecule has 0 bridgehead atoms. The zero-order chi connectivity index (χ0) is 12.8. The molecule has 2 heterocycles. The molecule has 0 spiro atoms. The van der Waals surface area contributed by atoms with Gasteiger partial charge in [0.05, 0.1) is 0 Å². The molecular formula is C14H23N3O. The number of ether oxygens (including phenoxy) is 1. The van der Waals surface area contributed by atoms with Gasteiger partial charge in [0.2, 0.25) is 0 Å². The van der Waals surface area contributed by atoms with E-state index >= 15 is 0 Å². The lowest BCUT2D eigenvalue weighted by Crippen LogP contribution is -2.29. The maximum absolute atomic E-state index is 5.40. The molecule has 1 fully saturated rings. The van der Waals surface area contributed by atoms with E-state index in [0.717, 1.165) is 38.0 Å². The van der Waals surface area contributed by atoms with Crippen molar-refractivity contribution in [1.29, 1.82) is 0 Å². The van der Waals surface area contributed by atoms with Gasteiger partial charge < -0.3 is 15.0 Å². The van der Waals surface area contributed by atoms with E-state index in [1.54, 1.807) is 0 Å². The van der Waals surface area contributed by atoms with Crippen LogP contribution in [-0.4, -0.2) is 38.3 Å². The predicted octanol–water partition coefficient (Wildman–Crippen LogP) is 2.38. The van der Waals surface area contributed by atoms with E-state index in [0.29, 0.717) is 0 Å². The van der Waals surface area contributed by atoms with Crippen molar-refractivity contribution in [2.24, 2.45) is 5.92 Å². The summed E-state index contributed by atoms with van der Waals surface area (Å²) < 4.78 is 5.40. The quantitative estimate of drug-likeness (QED) is 0.869. The molecule has 0 amide bonds. The molecule has 0 saturated carbocycles. The average Bonchev–Trinajstić information content (AvgIpc) is 2.40. The molecular weight excluding hydrogens is 226 g/mol.